The van der Waals surface area contributed by atoms with E-state index >= 15 is 0 Å². The maximum Gasteiger partial charge on any atom is 0.343 e. The average molecular weight is 330 g/mol. The Labute approximate surface area is 139 Å². The van der Waals surface area contributed by atoms with Gasteiger partial charge in [0.1, 0.15) is 18.1 Å². The predicted octanol–water partition coefficient (Wildman–Crippen LogP) is 3.02. The van der Waals surface area contributed by atoms with Gasteiger partial charge in [-0.1, -0.05) is 12.1 Å². The summed E-state index contributed by atoms with van der Waals surface area (Å²) in [6.07, 6.45) is 0. The molecule has 0 fully saturated rings. The molecule has 0 aliphatic carbocycles. The first-order valence-electron chi connectivity index (χ1n) is 7.46. The summed E-state index contributed by atoms with van der Waals surface area (Å²) < 4.78 is 15.9. The highest BCUT2D eigenvalue weighted by Crippen LogP contribution is 2.18. The van der Waals surface area contributed by atoms with E-state index in [1.165, 1.54) is 24.3 Å². The largest absolute Gasteiger partial charge is 0.491 e. The van der Waals surface area contributed by atoms with Crippen molar-refractivity contribution in [2.45, 2.75) is 6.92 Å². The molecule has 0 aliphatic heterocycles. The molecule has 1 N–H and O–H groups in total. The summed E-state index contributed by atoms with van der Waals surface area (Å²) in [4.78, 5) is 23.1. The molecule has 2 aromatic carbocycles. The molecule has 6 nitrogen and oxygen atoms in total. The van der Waals surface area contributed by atoms with E-state index in [4.69, 9.17) is 19.3 Å². The van der Waals surface area contributed by atoms with Gasteiger partial charge in [-0.15, -0.1) is 0 Å². The maximum atomic E-state index is 12.2. The second-order valence-electron chi connectivity index (χ2n) is 4.80. The van der Waals surface area contributed by atoms with Gasteiger partial charge in [0.05, 0.1) is 17.7 Å². The minimum absolute atomic E-state index is 0.0494. The summed E-state index contributed by atoms with van der Waals surface area (Å²) in [5.41, 5.74) is 0.359. The van der Waals surface area contributed by atoms with E-state index in [0.29, 0.717) is 31.1 Å². The summed E-state index contributed by atoms with van der Waals surface area (Å²) in [6, 6.07) is 12.3. The van der Waals surface area contributed by atoms with E-state index in [-0.39, 0.29) is 11.3 Å². The molecular weight excluding hydrogens is 312 g/mol. The van der Waals surface area contributed by atoms with Gasteiger partial charge in [0.25, 0.3) is 0 Å². The number of carboxylic acids is 1. The standard InChI is InChI=1S/C18H18O6/c1-2-22-9-10-23-15-7-4-6-14(12-15)18(21)24-16-8-3-5-13(11-16)17(19)20/h3-8,11-12H,2,9-10H2,1H3,(H,19,20). The highest BCUT2D eigenvalue weighted by molar-refractivity contribution is 5.92. The van der Waals surface area contributed by atoms with Crippen molar-refractivity contribution in [2.24, 2.45) is 0 Å². The van der Waals surface area contributed by atoms with Gasteiger partial charge >= 0.3 is 11.9 Å². The molecule has 0 atom stereocenters. The zero-order chi connectivity index (χ0) is 17.4. The van der Waals surface area contributed by atoms with Crippen LogP contribution in [0.25, 0.3) is 0 Å². The molecule has 0 aliphatic rings. The number of carbonyl (C=O) groups excluding carboxylic acids is 1. The highest BCUT2D eigenvalue weighted by atomic mass is 16.5. The van der Waals surface area contributed by atoms with Gasteiger partial charge < -0.3 is 19.3 Å². The van der Waals surface area contributed by atoms with Crippen LogP contribution in [0.4, 0.5) is 0 Å². The fourth-order valence-electron chi connectivity index (χ4n) is 1.93. The first kappa shape index (κ1) is 17.5. The van der Waals surface area contributed by atoms with Crippen LogP contribution in [-0.4, -0.2) is 36.9 Å². The van der Waals surface area contributed by atoms with Gasteiger partial charge in [0.15, 0.2) is 0 Å². The van der Waals surface area contributed by atoms with Gasteiger partial charge in [-0.3, -0.25) is 0 Å². The molecule has 0 spiro atoms. The SMILES string of the molecule is CCOCCOc1cccc(C(=O)Oc2cccc(C(=O)O)c2)c1. The van der Waals surface area contributed by atoms with E-state index in [1.54, 1.807) is 24.3 Å². The van der Waals surface area contributed by atoms with Crippen LogP contribution in [0.3, 0.4) is 0 Å². The van der Waals surface area contributed by atoms with Gasteiger partial charge in [0, 0.05) is 6.61 Å². The molecule has 2 rings (SSSR count). The van der Waals surface area contributed by atoms with E-state index in [2.05, 4.69) is 0 Å². The molecule has 24 heavy (non-hydrogen) atoms. The van der Waals surface area contributed by atoms with Gasteiger partial charge in [-0.05, 0) is 43.3 Å². The summed E-state index contributed by atoms with van der Waals surface area (Å²) >= 11 is 0. The summed E-state index contributed by atoms with van der Waals surface area (Å²) in [5.74, 6) is -0.976. The Morgan fingerprint density at radius 1 is 0.958 bits per heavy atom. The second kappa shape index (κ2) is 8.69. The van der Waals surface area contributed by atoms with Crippen molar-refractivity contribution in [1.29, 1.82) is 0 Å². The van der Waals surface area contributed by atoms with Crippen LogP contribution in [0.5, 0.6) is 11.5 Å². The third-order valence-electron chi connectivity index (χ3n) is 3.06. The molecule has 0 unspecified atom stereocenters. The van der Waals surface area contributed by atoms with Crippen molar-refractivity contribution < 1.29 is 28.9 Å². The Morgan fingerprint density at radius 2 is 1.62 bits per heavy atom. The summed E-state index contributed by atoms with van der Waals surface area (Å²) in [6.45, 7) is 3.36. The lowest BCUT2D eigenvalue weighted by Crippen LogP contribution is -2.10. The van der Waals surface area contributed by atoms with Crippen molar-refractivity contribution in [1.82, 2.24) is 0 Å². The summed E-state index contributed by atoms with van der Waals surface area (Å²) in [7, 11) is 0. The quantitative estimate of drug-likeness (QED) is 0.455. The van der Waals surface area contributed by atoms with E-state index in [0.717, 1.165) is 0 Å². The molecule has 2 aromatic rings. The lowest BCUT2D eigenvalue weighted by atomic mass is 10.2. The fraction of sp³-hybridized carbons (Fsp3) is 0.222. The molecule has 0 bridgehead atoms. The van der Waals surface area contributed by atoms with E-state index in [1.807, 2.05) is 6.92 Å². The third kappa shape index (κ3) is 5.10. The molecule has 0 saturated carbocycles. The Hall–Kier alpha value is -2.86. The summed E-state index contributed by atoms with van der Waals surface area (Å²) in [5, 5.41) is 8.95. The fourth-order valence-corrected chi connectivity index (χ4v) is 1.93. The van der Waals surface area contributed by atoms with Crippen molar-refractivity contribution in [3.8, 4) is 11.5 Å². The molecule has 0 amide bonds. The Kier molecular flexibility index (Phi) is 6.33. The van der Waals surface area contributed by atoms with Crippen molar-refractivity contribution in [2.75, 3.05) is 19.8 Å². The highest BCUT2D eigenvalue weighted by Gasteiger charge is 2.11. The number of benzene rings is 2. The van der Waals surface area contributed by atoms with Crippen LogP contribution in [0.1, 0.15) is 27.6 Å². The molecule has 0 radical (unpaired) electrons. The van der Waals surface area contributed by atoms with Crippen LogP contribution in [0, 0.1) is 0 Å². The van der Waals surface area contributed by atoms with Crippen LogP contribution in [0.15, 0.2) is 48.5 Å². The lowest BCUT2D eigenvalue weighted by molar-refractivity contribution is 0.0687. The minimum Gasteiger partial charge on any atom is -0.491 e. The predicted molar refractivity (Wildman–Crippen MR) is 86.8 cm³/mol. The zero-order valence-corrected chi connectivity index (χ0v) is 13.2. The normalized spacial score (nSPS) is 10.2. The van der Waals surface area contributed by atoms with Gasteiger partial charge in [-0.2, -0.15) is 0 Å². The molecule has 126 valence electrons. The zero-order valence-electron chi connectivity index (χ0n) is 13.2. The number of hydrogen-bond acceptors (Lipinski definition) is 5. The molecule has 6 heteroatoms. The number of aromatic carboxylic acids is 1. The Balaban J connectivity index is 2.01. The number of ether oxygens (including phenoxy) is 3. The average Bonchev–Trinajstić information content (AvgIpc) is 2.59. The van der Waals surface area contributed by atoms with Gasteiger partial charge in [-0.25, -0.2) is 9.59 Å². The van der Waals surface area contributed by atoms with Crippen molar-refractivity contribution in [3.05, 3.63) is 59.7 Å². The van der Waals surface area contributed by atoms with Gasteiger partial charge in [0.2, 0.25) is 0 Å². The topological polar surface area (TPSA) is 82.1 Å². The minimum atomic E-state index is -1.09. The molecule has 0 saturated heterocycles. The van der Waals surface area contributed by atoms with Crippen molar-refractivity contribution in [3.63, 3.8) is 0 Å². The van der Waals surface area contributed by atoms with Crippen LogP contribution >= 0.6 is 0 Å². The lowest BCUT2D eigenvalue weighted by Gasteiger charge is -2.08. The number of hydrogen-bond donors (Lipinski definition) is 1. The van der Waals surface area contributed by atoms with E-state index in [9.17, 15) is 9.59 Å². The van der Waals surface area contributed by atoms with Crippen LogP contribution in [0.2, 0.25) is 0 Å². The number of carbonyl (C=O) groups is 2. The maximum absolute atomic E-state index is 12.2. The monoisotopic (exact) mass is 330 g/mol. The number of rotatable bonds is 8. The molecular formula is C18H18O6. The Morgan fingerprint density at radius 3 is 2.33 bits per heavy atom. The Bertz CT molecular complexity index is 710. The first-order valence-corrected chi connectivity index (χ1v) is 7.46. The first-order chi connectivity index (χ1) is 11.6. The number of carboxylic acid groups (broad SMARTS) is 1. The van der Waals surface area contributed by atoms with Crippen molar-refractivity contribution >= 4 is 11.9 Å². The number of esters is 1. The van der Waals surface area contributed by atoms with Crippen LogP contribution in [-0.2, 0) is 4.74 Å². The molecule has 0 heterocycles. The van der Waals surface area contributed by atoms with E-state index < -0.39 is 11.9 Å². The second-order valence-corrected chi connectivity index (χ2v) is 4.80. The van der Waals surface area contributed by atoms with Crippen LogP contribution < -0.4 is 9.47 Å². The third-order valence-corrected chi connectivity index (χ3v) is 3.06. The molecule has 0 aromatic heterocycles. The smallest absolute Gasteiger partial charge is 0.343 e.